The van der Waals surface area contributed by atoms with Gasteiger partial charge in [0.1, 0.15) is 5.82 Å². The van der Waals surface area contributed by atoms with E-state index in [1.165, 1.54) is 17.1 Å². The van der Waals surface area contributed by atoms with Crippen LogP contribution in [0.2, 0.25) is 10.0 Å². The first kappa shape index (κ1) is 21.2. The molecule has 0 saturated carbocycles. The van der Waals surface area contributed by atoms with Crippen LogP contribution in [0.5, 0.6) is 0 Å². The lowest BCUT2D eigenvalue weighted by atomic mass is 9.96. The summed E-state index contributed by atoms with van der Waals surface area (Å²) < 4.78 is 1.86. The predicted octanol–water partition coefficient (Wildman–Crippen LogP) is 4.32. The molecule has 166 valence electrons. The number of hydrogen-bond acceptors (Lipinski definition) is 4. The number of allylic oxidation sites excluding steroid dienone is 1. The zero-order chi connectivity index (χ0) is 23.3. The largest absolute Gasteiger partial charge is 0.396 e. The molecule has 2 amide bonds. The molecular weight excluding hydrogens is 461 g/mol. The molecule has 0 spiro atoms. The minimum absolute atomic E-state index is 0.152. The van der Waals surface area contributed by atoms with E-state index in [-0.39, 0.29) is 27.2 Å². The number of rotatable bonds is 3. The fraction of sp³-hybridized carbons (Fsp3) is 0.0833. The second-order valence-electron chi connectivity index (χ2n) is 7.78. The Hall–Kier alpha value is -3.68. The maximum absolute atomic E-state index is 13.5. The van der Waals surface area contributed by atoms with Crippen LogP contribution >= 0.6 is 23.2 Å². The molecule has 0 saturated heterocycles. The molecule has 2 aliphatic rings. The Morgan fingerprint density at radius 1 is 1.03 bits per heavy atom. The van der Waals surface area contributed by atoms with E-state index in [0.29, 0.717) is 23.5 Å². The van der Waals surface area contributed by atoms with Gasteiger partial charge in [-0.1, -0.05) is 59.6 Å². The van der Waals surface area contributed by atoms with Crippen molar-refractivity contribution >= 4 is 57.8 Å². The molecule has 0 unspecified atom stereocenters. The molecular formula is C24H19Cl2N5O2. The Morgan fingerprint density at radius 2 is 1.73 bits per heavy atom. The average molecular weight is 480 g/mol. The number of aromatic nitrogens is 1. The zero-order valence-corrected chi connectivity index (χ0v) is 18.8. The molecule has 9 heteroatoms. The van der Waals surface area contributed by atoms with Gasteiger partial charge in [-0.3, -0.25) is 19.6 Å². The van der Waals surface area contributed by atoms with Crippen molar-refractivity contribution in [2.75, 3.05) is 11.5 Å². The van der Waals surface area contributed by atoms with E-state index >= 15 is 0 Å². The van der Waals surface area contributed by atoms with Crippen LogP contribution in [0.3, 0.4) is 0 Å². The van der Waals surface area contributed by atoms with E-state index in [4.69, 9.17) is 34.7 Å². The Morgan fingerprint density at radius 3 is 2.42 bits per heavy atom. The third-order valence-electron chi connectivity index (χ3n) is 5.70. The van der Waals surface area contributed by atoms with Gasteiger partial charge in [-0.15, -0.1) is 0 Å². The number of carbonyl (C=O) groups excluding carboxylic acids is 2. The van der Waals surface area contributed by atoms with Crippen molar-refractivity contribution in [1.82, 2.24) is 15.0 Å². The number of benzene rings is 2. The third kappa shape index (κ3) is 3.55. The number of hydrogen-bond donors (Lipinski definition) is 3. The number of aryl methyl sites for hydroxylation is 1. The Bertz CT molecular complexity index is 1350. The monoisotopic (exact) mass is 479 g/mol. The average Bonchev–Trinajstić information content (AvgIpc) is 3.08. The van der Waals surface area contributed by atoms with Gasteiger partial charge in [0.2, 0.25) is 0 Å². The van der Waals surface area contributed by atoms with Gasteiger partial charge >= 0.3 is 0 Å². The fourth-order valence-corrected chi connectivity index (χ4v) is 4.63. The number of nitrogens with one attached hydrogen (secondary N) is 1. The number of anilines is 2. The summed E-state index contributed by atoms with van der Waals surface area (Å²) in [6.45, 7) is 0. The highest BCUT2D eigenvalue weighted by molar-refractivity contribution is 6.39. The third-order valence-corrected chi connectivity index (χ3v) is 6.33. The highest BCUT2D eigenvalue weighted by Crippen LogP contribution is 2.38. The summed E-state index contributed by atoms with van der Waals surface area (Å²) in [5.74, 6) is -0.421. The fourth-order valence-electron chi connectivity index (χ4n) is 4.14. The molecule has 0 radical (unpaired) electrons. The van der Waals surface area contributed by atoms with Crippen LogP contribution in [-0.2, 0) is 11.2 Å². The van der Waals surface area contributed by atoms with E-state index in [9.17, 15) is 9.59 Å². The molecule has 2 heterocycles. The van der Waals surface area contributed by atoms with E-state index in [1.54, 1.807) is 6.20 Å². The first-order valence-corrected chi connectivity index (χ1v) is 11.0. The molecule has 0 atom stereocenters. The van der Waals surface area contributed by atoms with Crippen LogP contribution in [0.25, 0.3) is 11.3 Å². The highest BCUT2D eigenvalue weighted by Gasteiger charge is 2.33. The van der Waals surface area contributed by atoms with E-state index in [2.05, 4.69) is 5.43 Å². The molecule has 3 aromatic rings. The van der Waals surface area contributed by atoms with Gasteiger partial charge in [0, 0.05) is 11.1 Å². The smallest absolute Gasteiger partial charge is 0.278 e. The summed E-state index contributed by atoms with van der Waals surface area (Å²) >= 11 is 12.2. The summed E-state index contributed by atoms with van der Waals surface area (Å²) in [5, 5.41) is 1.48. The summed E-state index contributed by atoms with van der Waals surface area (Å²) in [4.78, 5) is 26.6. The number of amides is 2. The lowest BCUT2D eigenvalue weighted by Gasteiger charge is -2.21. The molecule has 0 bridgehead atoms. The number of nitrogens with zero attached hydrogens (tertiary/aromatic N) is 2. The summed E-state index contributed by atoms with van der Waals surface area (Å²) in [6.07, 6.45) is 4.92. The lowest BCUT2D eigenvalue weighted by Crippen LogP contribution is -2.43. The van der Waals surface area contributed by atoms with Crippen molar-refractivity contribution in [2.45, 2.75) is 12.8 Å². The van der Waals surface area contributed by atoms with Gasteiger partial charge < -0.3 is 11.5 Å². The summed E-state index contributed by atoms with van der Waals surface area (Å²) in [6, 6.07) is 14.2. The van der Waals surface area contributed by atoms with Crippen molar-refractivity contribution in [1.29, 1.82) is 0 Å². The molecule has 1 aliphatic carbocycles. The van der Waals surface area contributed by atoms with Gasteiger partial charge in [-0.25, -0.2) is 5.01 Å². The Balaban J connectivity index is 1.62. The van der Waals surface area contributed by atoms with Gasteiger partial charge in [0.15, 0.2) is 0 Å². The van der Waals surface area contributed by atoms with Crippen molar-refractivity contribution in [3.05, 3.63) is 93.2 Å². The van der Waals surface area contributed by atoms with Crippen LogP contribution in [-0.4, -0.2) is 21.4 Å². The maximum Gasteiger partial charge on any atom is 0.278 e. The van der Waals surface area contributed by atoms with E-state index in [0.717, 1.165) is 23.2 Å². The number of hydrazine groups is 1. The molecule has 5 N–H and O–H groups in total. The van der Waals surface area contributed by atoms with Gasteiger partial charge in [0.05, 0.1) is 38.9 Å². The van der Waals surface area contributed by atoms with Crippen LogP contribution in [0, 0.1) is 0 Å². The van der Waals surface area contributed by atoms with Crippen molar-refractivity contribution < 1.29 is 9.59 Å². The second-order valence-corrected chi connectivity index (χ2v) is 8.60. The highest BCUT2D eigenvalue weighted by atomic mass is 35.5. The molecule has 33 heavy (non-hydrogen) atoms. The lowest BCUT2D eigenvalue weighted by molar-refractivity contribution is -0.124. The second kappa shape index (κ2) is 8.03. The number of halogens is 2. The summed E-state index contributed by atoms with van der Waals surface area (Å²) in [5.41, 5.74) is 18.9. The SMILES string of the molecule is Nc1c(Cl)cc(C(=O)NN2C=C(c3ccccc3)n3c(N)cc4c3C(=CCC4)C2=O)cc1Cl. The number of carbonyl (C=O) groups is 2. The van der Waals surface area contributed by atoms with Crippen molar-refractivity contribution in [3.8, 4) is 0 Å². The Labute approximate surface area is 199 Å². The topological polar surface area (TPSA) is 106 Å². The number of nitrogens with two attached hydrogens (primary N) is 2. The van der Waals surface area contributed by atoms with Crippen LogP contribution in [0.15, 0.2) is 60.8 Å². The van der Waals surface area contributed by atoms with Crippen LogP contribution < -0.4 is 16.9 Å². The minimum Gasteiger partial charge on any atom is -0.396 e. The van der Waals surface area contributed by atoms with Gasteiger partial charge in [0.25, 0.3) is 11.8 Å². The first-order valence-electron chi connectivity index (χ1n) is 10.2. The molecule has 5 rings (SSSR count). The molecule has 7 nitrogen and oxygen atoms in total. The van der Waals surface area contributed by atoms with Crippen LogP contribution in [0.4, 0.5) is 11.5 Å². The van der Waals surface area contributed by atoms with Crippen LogP contribution in [0.1, 0.15) is 33.6 Å². The van der Waals surface area contributed by atoms with Gasteiger partial charge in [-0.05, 0) is 36.6 Å². The quantitative estimate of drug-likeness (QED) is 0.486. The minimum atomic E-state index is -0.563. The van der Waals surface area contributed by atoms with E-state index < -0.39 is 5.91 Å². The first-order chi connectivity index (χ1) is 15.8. The van der Waals surface area contributed by atoms with Crippen molar-refractivity contribution in [2.24, 2.45) is 0 Å². The summed E-state index contributed by atoms with van der Waals surface area (Å²) in [7, 11) is 0. The molecule has 0 fully saturated rings. The molecule has 1 aliphatic heterocycles. The number of nitrogen functional groups attached to an aromatic ring is 2. The predicted molar refractivity (Wildman–Crippen MR) is 130 cm³/mol. The maximum atomic E-state index is 13.5. The molecule has 1 aromatic heterocycles. The standard InChI is InChI=1S/C24H19Cl2N5O2/c25-17-9-15(10-18(26)21(17)28)23(32)29-30-12-19(13-5-2-1-3-6-13)31-20(27)11-14-7-4-8-16(22(14)31)24(30)33/h1-3,5-6,8-12H,4,7,27-28H2,(H,29,32). The Kier molecular flexibility index (Phi) is 5.15. The normalized spacial score (nSPS) is 14.8. The zero-order valence-electron chi connectivity index (χ0n) is 17.3. The van der Waals surface area contributed by atoms with Crippen molar-refractivity contribution in [3.63, 3.8) is 0 Å². The molecule has 2 aromatic carbocycles. The van der Waals surface area contributed by atoms with Gasteiger partial charge in [-0.2, -0.15) is 0 Å². The van der Waals surface area contributed by atoms with E-state index in [1.807, 2.05) is 47.0 Å².